The molecule has 0 spiro atoms. The minimum absolute atomic E-state index is 0.201. The molecule has 19 heavy (non-hydrogen) atoms. The number of benzene rings is 1. The van der Waals surface area contributed by atoms with Crippen LogP contribution in [0.4, 0.5) is 5.69 Å². The highest BCUT2D eigenvalue weighted by atomic mass is 35.5. The number of carbonyl (C=O) groups excluding carboxylic acids is 1. The summed E-state index contributed by atoms with van der Waals surface area (Å²) in [4.78, 5) is 13.2. The molecule has 1 aromatic rings. The number of nitrogens with two attached hydrogens (primary N) is 2. The molecular weight excluding hydrogens is 262 g/mol. The highest BCUT2D eigenvalue weighted by Gasteiger charge is 2.22. The molecule has 0 unspecified atom stereocenters. The lowest BCUT2D eigenvalue weighted by Crippen LogP contribution is -2.35. The summed E-state index contributed by atoms with van der Waals surface area (Å²) in [6, 6.07) is 5.84. The molecule has 0 saturated carbocycles. The smallest absolute Gasteiger partial charge is 0.217 e. The van der Waals surface area contributed by atoms with E-state index in [2.05, 4.69) is 4.90 Å². The first-order chi connectivity index (χ1) is 9.10. The van der Waals surface area contributed by atoms with Crippen LogP contribution in [0.1, 0.15) is 24.8 Å². The lowest BCUT2D eigenvalue weighted by molar-refractivity contribution is -0.119. The summed E-state index contributed by atoms with van der Waals surface area (Å²) >= 11 is 5.99. The van der Waals surface area contributed by atoms with Gasteiger partial charge in [0, 0.05) is 36.8 Å². The number of hydrogen-bond acceptors (Lipinski definition) is 3. The average molecular weight is 282 g/mol. The first kappa shape index (κ1) is 14.2. The van der Waals surface area contributed by atoms with Gasteiger partial charge in [-0.3, -0.25) is 4.79 Å². The first-order valence-corrected chi connectivity index (χ1v) is 6.99. The van der Waals surface area contributed by atoms with Crippen LogP contribution >= 0.6 is 11.6 Å². The van der Waals surface area contributed by atoms with E-state index < -0.39 is 0 Å². The minimum atomic E-state index is -0.201. The number of amides is 1. The standard InChI is InChI=1S/C14H20ClN3O/c15-12-1-2-13(11(8-12)9-16)18-5-3-10(4-6-18)7-14(17)19/h1-2,8,10H,3-7,9,16H2,(H2,17,19). The van der Waals surface area contributed by atoms with Gasteiger partial charge in [-0.2, -0.15) is 0 Å². The highest BCUT2D eigenvalue weighted by molar-refractivity contribution is 6.30. The third kappa shape index (κ3) is 3.61. The van der Waals surface area contributed by atoms with Crippen LogP contribution in [0.2, 0.25) is 5.02 Å². The number of rotatable bonds is 4. The SMILES string of the molecule is NCc1cc(Cl)ccc1N1CCC(CC(N)=O)CC1. The molecule has 1 heterocycles. The number of piperidine rings is 1. The van der Waals surface area contributed by atoms with Crippen LogP contribution in [0.25, 0.3) is 0 Å². The minimum Gasteiger partial charge on any atom is -0.371 e. The molecule has 0 bridgehead atoms. The summed E-state index contributed by atoms with van der Waals surface area (Å²) in [5.41, 5.74) is 13.2. The van der Waals surface area contributed by atoms with E-state index in [1.54, 1.807) is 0 Å². The molecule has 0 aliphatic carbocycles. The molecule has 1 aliphatic rings. The normalized spacial score (nSPS) is 16.6. The van der Waals surface area contributed by atoms with Crippen molar-refractivity contribution in [3.8, 4) is 0 Å². The Balaban J connectivity index is 2.03. The van der Waals surface area contributed by atoms with E-state index >= 15 is 0 Å². The Kier molecular flexibility index (Phi) is 4.66. The van der Waals surface area contributed by atoms with E-state index in [1.165, 1.54) is 0 Å². The quantitative estimate of drug-likeness (QED) is 0.885. The van der Waals surface area contributed by atoms with Crippen LogP contribution in [0.15, 0.2) is 18.2 Å². The van der Waals surface area contributed by atoms with Gasteiger partial charge in [0.05, 0.1) is 0 Å². The molecule has 0 atom stereocenters. The zero-order valence-corrected chi connectivity index (χ0v) is 11.7. The fourth-order valence-corrected chi connectivity index (χ4v) is 2.88. The second-order valence-electron chi connectivity index (χ2n) is 5.08. The van der Waals surface area contributed by atoms with Crippen molar-refractivity contribution in [3.05, 3.63) is 28.8 Å². The molecule has 0 radical (unpaired) electrons. The van der Waals surface area contributed by atoms with Gasteiger partial charge in [0.15, 0.2) is 0 Å². The number of hydrogen-bond donors (Lipinski definition) is 2. The van der Waals surface area contributed by atoms with Crippen LogP contribution in [0.3, 0.4) is 0 Å². The van der Waals surface area contributed by atoms with Crippen molar-refractivity contribution in [2.45, 2.75) is 25.8 Å². The summed E-state index contributed by atoms with van der Waals surface area (Å²) < 4.78 is 0. The number of nitrogens with zero attached hydrogens (tertiary/aromatic N) is 1. The van der Waals surface area contributed by atoms with Crippen LogP contribution < -0.4 is 16.4 Å². The van der Waals surface area contributed by atoms with Crippen LogP contribution in [-0.4, -0.2) is 19.0 Å². The van der Waals surface area contributed by atoms with Gasteiger partial charge in [-0.25, -0.2) is 0 Å². The average Bonchev–Trinajstić information content (AvgIpc) is 2.39. The Morgan fingerprint density at radius 3 is 2.63 bits per heavy atom. The Morgan fingerprint density at radius 2 is 2.05 bits per heavy atom. The molecule has 4 N–H and O–H groups in total. The molecule has 2 rings (SSSR count). The van der Waals surface area contributed by atoms with E-state index in [1.807, 2.05) is 18.2 Å². The van der Waals surface area contributed by atoms with Gasteiger partial charge < -0.3 is 16.4 Å². The van der Waals surface area contributed by atoms with Gasteiger partial charge in [-0.15, -0.1) is 0 Å². The third-order valence-electron chi connectivity index (χ3n) is 3.71. The zero-order chi connectivity index (χ0) is 13.8. The van der Waals surface area contributed by atoms with Gasteiger partial charge in [-0.1, -0.05) is 11.6 Å². The van der Waals surface area contributed by atoms with Crippen molar-refractivity contribution < 1.29 is 4.79 Å². The Labute approximate surface area is 118 Å². The predicted octanol–water partition coefficient (Wildman–Crippen LogP) is 1.89. The van der Waals surface area contributed by atoms with Crippen molar-refractivity contribution in [1.82, 2.24) is 0 Å². The van der Waals surface area contributed by atoms with Gasteiger partial charge in [-0.05, 0) is 42.5 Å². The monoisotopic (exact) mass is 281 g/mol. The van der Waals surface area contributed by atoms with Crippen LogP contribution in [0.5, 0.6) is 0 Å². The van der Waals surface area contributed by atoms with Crippen LogP contribution in [0, 0.1) is 5.92 Å². The van der Waals surface area contributed by atoms with E-state index in [4.69, 9.17) is 23.1 Å². The highest BCUT2D eigenvalue weighted by Crippen LogP contribution is 2.29. The molecular formula is C14H20ClN3O. The first-order valence-electron chi connectivity index (χ1n) is 6.62. The second kappa shape index (κ2) is 6.26. The Hall–Kier alpha value is -1.26. The zero-order valence-electron chi connectivity index (χ0n) is 10.9. The third-order valence-corrected chi connectivity index (χ3v) is 3.94. The van der Waals surface area contributed by atoms with E-state index in [0.717, 1.165) is 37.2 Å². The summed E-state index contributed by atoms with van der Waals surface area (Å²) in [5, 5.41) is 0.716. The van der Waals surface area contributed by atoms with E-state index in [-0.39, 0.29) is 5.91 Å². The number of carbonyl (C=O) groups is 1. The Morgan fingerprint density at radius 1 is 1.37 bits per heavy atom. The molecule has 0 aromatic heterocycles. The van der Waals surface area contributed by atoms with Crippen molar-refractivity contribution in [3.63, 3.8) is 0 Å². The van der Waals surface area contributed by atoms with Crippen molar-refractivity contribution >= 4 is 23.2 Å². The maximum absolute atomic E-state index is 10.9. The summed E-state index contributed by atoms with van der Waals surface area (Å²) in [5.74, 6) is 0.218. The summed E-state index contributed by atoms with van der Waals surface area (Å²) in [6.07, 6.45) is 2.49. The summed E-state index contributed by atoms with van der Waals surface area (Å²) in [7, 11) is 0. The van der Waals surface area contributed by atoms with Crippen LogP contribution in [-0.2, 0) is 11.3 Å². The number of halogens is 1. The lowest BCUT2D eigenvalue weighted by atomic mass is 9.92. The molecule has 4 nitrogen and oxygen atoms in total. The largest absolute Gasteiger partial charge is 0.371 e. The molecule has 1 saturated heterocycles. The number of anilines is 1. The van der Waals surface area contributed by atoms with E-state index in [0.29, 0.717) is 23.9 Å². The molecule has 1 aromatic carbocycles. The molecule has 104 valence electrons. The van der Waals surface area contributed by atoms with Gasteiger partial charge in [0.2, 0.25) is 5.91 Å². The molecule has 1 aliphatic heterocycles. The summed E-state index contributed by atoms with van der Waals surface area (Å²) in [6.45, 7) is 2.36. The van der Waals surface area contributed by atoms with E-state index in [9.17, 15) is 4.79 Å². The molecule has 1 fully saturated rings. The molecule has 5 heteroatoms. The maximum Gasteiger partial charge on any atom is 0.217 e. The van der Waals surface area contributed by atoms with Gasteiger partial charge >= 0.3 is 0 Å². The Bertz CT molecular complexity index is 456. The topological polar surface area (TPSA) is 72.3 Å². The fourth-order valence-electron chi connectivity index (χ4n) is 2.69. The van der Waals surface area contributed by atoms with Crippen molar-refractivity contribution in [1.29, 1.82) is 0 Å². The van der Waals surface area contributed by atoms with Crippen molar-refractivity contribution in [2.75, 3.05) is 18.0 Å². The number of primary amides is 1. The lowest BCUT2D eigenvalue weighted by Gasteiger charge is -2.34. The van der Waals surface area contributed by atoms with Gasteiger partial charge in [0.25, 0.3) is 0 Å². The predicted molar refractivity (Wildman–Crippen MR) is 78.1 cm³/mol. The molecule has 1 amide bonds. The van der Waals surface area contributed by atoms with Crippen molar-refractivity contribution in [2.24, 2.45) is 17.4 Å². The fraction of sp³-hybridized carbons (Fsp3) is 0.500. The second-order valence-corrected chi connectivity index (χ2v) is 5.51. The maximum atomic E-state index is 10.9. The van der Waals surface area contributed by atoms with Gasteiger partial charge in [0.1, 0.15) is 0 Å².